The van der Waals surface area contributed by atoms with Gasteiger partial charge in [0.1, 0.15) is 17.2 Å². The molecule has 0 aliphatic carbocycles. The van der Waals surface area contributed by atoms with E-state index in [4.69, 9.17) is 14.5 Å². The Morgan fingerprint density at radius 1 is 0.971 bits per heavy atom. The third-order valence-corrected chi connectivity index (χ3v) is 5.32. The van der Waals surface area contributed by atoms with E-state index in [2.05, 4.69) is 15.3 Å². The third kappa shape index (κ3) is 4.74. The number of anilines is 2. The number of aromatic nitrogens is 3. The molecule has 2 N–H and O–H groups in total. The lowest BCUT2D eigenvalue weighted by Crippen LogP contribution is -2.21. The summed E-state index contributed by atoms with van der Waals surface area (Å²) in [6, 6.07) is 14.7. The number of aliphatic hydroxyl groups is 1. The fraction of sp³-hybridized carbons (Fsp3) is 0.200. The summed E-state index contributed by atoms with van der Waals surface area (Å²) in [6.45, 7) is 0.303. The SMILES string of the molecule is CNC(=O)c1cc(-c2cnc3ccc(N(CCO)c4cc(OC)cc(OC)c4)cc3n2)ccn1. The van der Waals surface area contributed by atoms with Crippen molar-refractivity contribution in [1.29, 1.82) is 0 Å². The topological polar surface area (TPSA) is 110 Å². The number of fused-ring (bicyclic) bond motifs is 1. The molecule has 0 aliphatic rings. The maximum absolute atomic E-state index is 12.0. The Kier molecular flexibility index (Phi) is 6.84. The van der Waals surface area contributed by atoms with Gasteiger partial charge in [-0.15, -0.1) is 0 Å². The van der Waals surface area contributed by atoms with Crippen LogP contribution in [0.15, 0.2) is 60.9 Å². The fourth-order valence-electron chi connectivity index (χ4n) is 3.60. The van der Waals surface area contributed by atoms with Crippen molar-refractivity contribution in [3.63, 3.8) is 0 Å². The Labute approximate surface area is 197 Å². The van der Waals surface area contributed by atoms with Gasteiger partial charge in [-0.2, -0.15) is 0 Å². The molecular weight excluding hydrogens is 434 g/mol. The highest BCUT2D eigenvalue weighted by Crippen LogP contribution is 2.34. The van der Waals surface area contributed by atoms with Crippen LogP contribution in [-0.2, 0) is 0 Å². The van der Waals surface area contributed by atoms with Gasteiger partial charge in [-0.1, -0.05) is 0 Å². The van der Waals surface area contributed by atoms with Crippen molar-refractivity contribution >= 4 is 28.3 Å². The maximum atomic E-state index is 12.0. The molecule has 0 atom stereocenters. The summed E-state index contributed by atoms with van der Waals surface area (Å²) >= 11 is 0. The second kappa shape index (κ2) is 10.1. The molecule has 0 radical (unpaired) electrons. The predicted molar refractivity (Wildman–Crippen MR) is 130 cm³/mol. The molecule has 4 aromatic rings. The number of benzene rings is 2. The summed E-state index contributed by atoms with van der Waals surface area (Å²) in [5.41, 5.74) is 4.68. The number of nitrogens with zero attached hydrogens (tertiary/aromatic N) is 4. The van der Waals surface area contributed by atoms with Crippen LogP contribution in [0.4, 0.5) is 11.4 Å². The van der Waals surface area contributed by atoms with Crippen molar-refractivity contribution in [2.24, 2.45) is 0 Å². The van der Waals surface area contributed by atoms with E-state index in [0.717, 1.165) is 22.5 Å². The molecule has 34 heavy (non-hydrogen) atoms. The molecule has 2 aromatic heterocycles. The lowest BCUT2D eigenvalue weighted by atomic mass is 10.1. The summed E-state index contributed by atoms with van der Waals surface area (Å²) in [5, 5.41) is 12.3. The van der Waals surface area contributed by atoms with Gasteiger partial charge < -0.3 is 24.8 Å². The first-order valence-corrected chi connectivity index (χ1v) is 10.6. The van der Waals surface area contributed by atoms with E-state index in [1.54, 1.807) is 51.9 Å². The van der Waals surface area contributed by atoms with E-state index in [1.165, 1.54) is 0 Å². The van der Waals surface area contributed by atoms with Crippen molar-refractivity contribution in [2.75, 3.05) is 39.3 Å². The lowest BCUT2D eigenvalue weighted by Gasteiger charge is -2.25. The molecular formula is C25H25N5O4. The highest BCUT2D eigenvalue weighted by atomic mass is 16.5. The molecule has 174 valence electrons. The van der Waals surface area contributed by atoms with E-state index >= 15 is 0 Å². The van der Waals surface area contributed by atoms with Gasteiger partial charge in [0, 0.05) is 54.9 Å². The largest absolute Gasteiger partial charge is 0.497 e. The molecule has 0 saturated carbocycles. The van der Waals surface area contributed by atoms with Crippen molar-refractivity contribution < 1.29 is 19.4 Å². The zero-order chi connectivity index (χ0) is 24.1. The molecule has 4 rings (SSSR count). The van der Waals surface area contributed by atoms with Crippen LogP contribution >= 0.6 is 0 Å². The molecule has 0 saturated heterocycles. The number of methoxy groups -OCH3 is 2. The second-order valence-corrected chi connectivity index (χ2v) is 7.38. The minimum atomic E-state index is -0.272. The zero-order valence-electron chi connectivity index (χ0n) is 19.1. The highest BCUT2D eigenvalue weighted by Gasteiger charge is 2.14. The molecule has 1 amide bonds. The Balaban J connectivity index is 1.77. The van der Waals surface area contributed by atoms with Gasteiger partial charge in [0.25, 0.3) is 5.91 Å². The Morgan fingerprint density at radius 2 is 1.74 bits per heavy atom. The van der Waals surface area contributed by atoms with E-state index < -0.39 is 0 Å². The molecule has 9 heteroatoms. The standard InChI is InChI=1S/C25H25N5O4/c1-26-25(32)23-10-16(6-7-27-23)24-15-28-21-5-4-17(13-22(21)29-24)30(8-9-31)18-11-19(33-2)14-20(12-18)34-3/h4-7,10-15,31H,8-9H2,1-3H3,(H,26,32). The highest BCUT2D eigenvalue weighted by molar-refractivity contribution is 5.93. The Bertz CT molecular complexity index is 1310. The molecule has 0 aliphatic heterocycles. The van der Waals surface area contributed by atoms with Crippen molar-refractivity contribution in [1.82, 2.24) is 20.3 Å². The number of carbonyl (C=O) groups excluding carboxylic acids is 1. The number of ether oxygens (including phenoxy) is 2. The smallest absolute Gasteiger partial charge is 0.269 e. The average Bonchev–Trinajstić information content (AvgIpc) is 2.90. The number of pyridine rings is 1. The minimum absolute atomic E-state index is 0.0530. The van der Waals surface area contributed by atoms with Crippen molar-refractivity contribution in [3.8, 4) is 22.8 Å². The molecule has 2 aromatic carbocycles. The lowest BCUT2D eigenvalue weighted by molar-refractivity contribution is 0.0958. The Morgan fingerprint density at radius 3 is 2.41 bits per heavy atom. The number of amides is 1. The van der Waals surface area contributed by atoms with Crippen LogP contribution in [0, 0.1) is 0 Å². The summed E-state index contributed by atoms with van der Waals surface area (Å²) in [6.07, 6.45) is 3.24. The average molecular weight is 460 g/mol. The number of hydrogen-bond donors (Lipinski definition) is 2. The molecule has 9 nitrogen and oxygen atoms in total. The van der Waals surface area contributed by atoms with Gasteiger partial charge in [0.15, 0.2) is 0 Å². The second-order valence-electron chi connectivity index (χ2n) is 7.38. The summed E-state index contributed by atoms with van der Waals surface area (Å²) in [5.74, 6) is 1.01. The van der Waals surface area contributed by atoms with Crippen LogP contribution in [0.3, 0.4) is 0 Å². The number of carbonyl (C=O) groups is 1. The molecule has 2 heterocycles. The van der Waals surface area contributed by atoms with Crippen LogP contribution in [0.2, 0.25) is 0 Å². The molecule has 0 unspecified atom stereocenters. The molecule has 0 fully saturated rings. The summed E-state index contributed by atoms with van der Waals surface area (Å²) in [4.78, 5) is 27.3. The summed E-state index contributed by atoms with van der Waals surface area (Å²) in [7, 11) is 4.75. The third-order valence-electron chi connectivity index (χ3n) is 5.32. The quantitative estimate of drug-likeness (QED) is 0.413. The maximum Gasteiger partial charge on any atom is 0.269 e. The zero-order valence-corrected chi connectivity index (χ0v) is 19.1. The summed E-state index contributed by atoms with van der Waals surface area (Å²) < 4.78 is 10.8. The van der Waals surface area contributed by atoms with Crippen LogP contribution in [0.1, 0.15) is 10.5 Å². The minimum Gasteiger partial charge on any atom is -0.497 e. The number of rotatable bonds is 8. The molecule has 0 spiro atoms. The number of aliphatic hydroxyl groups excluding tert-OH is 1. The van der Waals surface area contributed by atoms with Crippen LogP contribution in [0.25, 0.3) is 22.3 Å². The van der Waals surface area contributed by atoms with Gasteiger partial charge in [-0.3, -0.25) is 14.8 Å². The predicted octanol–water partition coefficient (Wildman–Crippen LogP) is 3.20. The van der Waals surface area contributed by atoms with Gasteiger partial charge in [-0.25, -0.2) is 4.98 Å². The van der Waals surface area contributed by atoms with Gasteiger partial charge >= 0.3 is 0 Å². The normalized spacial score (nSPS) is 10.7. The first-order valence-electron chi connectivity index (χ1n) is 10.6. The van der Waals surface area contributed by atoms with E-state index in [1.807, 2.05) is 35.2 Å². The van der Waals surface area contributed by atoms with Crippen LogP contribution < -0.4 is 19.7 Å². The van der Waals surface area contributed by atoms with Crippen molar-refractivity contribution in [3.05, 3.63) is 66.6 Å². The van der Waals surface area contributed by atoms with Gasteiger partial charge in [0.2, 0.25) is 0 Å². The molecule has 0 bridgehead atoms. The number of nitrogens with one attached hydrogen (secondary N) is 1. The Hall–Kier alpha value is -4.24. The van der Waals surface area contributed by atoms with E-state index in [-0.39, 0.29) is 12.5 Å². The monoisotopic (exact) mass is 459 g/mol. The first-order chi connectivity index (χ1) is 16.6. The van der Waals surface area contributed by atoms with E-state index in [0.29, 0.717) is 34.9 Å². The van der Waals surface area contributed by atoms with Crippen LogP contribution in [0.5, 0.6) is 11.5 Å². The van der Waals surface area contributed by atoms with E-state index in [9.17, 15) is 9.90 Å². The first kappa shape index (κ1) is 22.9. The van der Waals surface area contributed by atoms with Gasteiger partial charge in [0.05, 0.1) is 43.8 Å². The fourth-order valence-corrected chi connectivity index (χ4v) is 3.60. The van der Waals surface area contributed by atoms with Crippen LogP contribution in [-0.4, -0.2) is 60.4 Å². The number of hydrogen-bond acceptors (Lipinski definition) is 8. The van der Waals surface area contributed by atoms with Crippen molar-refractivity contribution in [2.45, 2.75) is 0 Å². The van der Waals surface area contributed by atoms with Gasteiger partial charge in [-0.05, 0) is 30.3 Å².